The second-order valence-corrected chi connectivity index (χ2v) is 12.3. The Bertz CT molecular complexity index is 1370. The topological polar surface area (TPSA) is 81.5 Å². The summed E-state index contributed by atoms with van der Waals surface area (Å²) in [5.41, 5.74) is 1.75. The van der Waals surface area contributed by atoms with Crippen molar-refractivity contribution in [1.29, 1.82) is 0 Å². The van der Waals surface area contributed by atoms with Gasteiger partial charge >= 0.3 is 5.97 Å². The van der Waals surface area contributed by atoms with Gasteiger partial charge in [0, 0.05) is 43.8 Å². The van der Waals surface area contributed by atoms with Gasteiger partial charge in [-0.3, -0.25) is 14.5 Å². The summed E-state index contributed by atoms with van der Waals surface area (Å²) in [4.78, 5) is 31.2. The standard InChI is InChI=1S/C33H40N2O6/c1-6-15-34-16-14-32-29-24-8-9-26(38-5)30(29)40-31(32)25(11-13-33(32,27(34)18-24)41-22(4)36)35(19-21(2)3)28(37)10-7-23-12-17-39-20-23/h6-10,12,17,20-21,25,27,31H,1,11,13-16,18-19H2,2-5H3/b10-7+/t25-,27-,31+,32+,33-/m1/s1. The highest BCUT2D eigenvalue weighted by atomic mass is 16.6. The molecule has 2 aromatic rings. The first-order valence-electron chi connectivity index (χ1n) is 14.7. The van der Waals surface area contributed by atoms with Crippen LogP contribution in [0.2, 0.25) is 0 Å². The van der Waals surface area contributed by atoms with Crippen LogP contribution in [0.5, 0.6) is 11.5 Å². The highest BCUT2D eigenvalue weighted by Crippen LogP contribution is 2.67. The minimum Gasteiger partial charge on any atom is -0.493 e. The van der Waals surface area contributed by atoms with Crippen molar-refractivity contribution in [2.75, 3.05) is 26.7 Å². The van der Waals surface area contributed by atoms with Crippen LogP contribution >= 0.6 is 0 Å². The fraction of sp³-hybridized carbons (Fsp3) is 0.515. The number of piperidine rings is 1. The molecule has 1 spiro atoms. The van der Waals surface area contributed by atoms with Crippen LogP contribution in [-0.4, -0.2) is 72.2 Å². The maximum atomic E-state index is 13.9. The van der Waals surface area contributed by atoms with Gasteiger partial charge in [-0.25, -0.2) is 0 Å². The number of nitrogens with zero attached hydrogens (tertiary/aromatic N) is 2. The van der Waals surface area contributed by atoms with Crippen LogP contribution in [0.3, 0.4) is 0 Å². The molecule has 218 valence electrons. The van der Waals surface area contributed by atoms with E-state index in [1.165, 1.54) is 12.5 Å². The van der Waals surface area contributed by atoms with E-state index < -0.39 is 11.0 Å². The number of hydrogen-bond acceptors (Lipinski definition) is 7. The molecule has 2 fully saturated rings. The third-order valence-corrected chi connectivity index (χ3v) is 9.60. The van der Waals surface area contributed by atoms with Crippen LogP contribution in [0.4, 0.5) is 0 Å². The number of furan rings is 1. The molecule has 0 unspecified atom stereocenters. The third kappa shape index (κ3) is 4.13. The van der Waals surface area contributed by atoms with Gasteiger partial charge in [0.1, 0.15) is 11.7 Å². The highest BCUT2D eigenvalue weighted by molar-refractivity contribution is 5.92. The van der Waals surface area contributed by atoms with E-state index in [1.54, 1.807) is 31.8 Å². The smallest absolute Gasteiger partial charge is 0.303 e. The Balaban J connectivity index is 1.50. The summed E-state index contributed by atoms with van der Waals surface area (Å²) in [5.74, 6) is 1.31. The first-order chi connectivity index (χ1) is 19.8. The van der Waals surface area contributed by atoms with Crippen LogP contribution in [0.15, 0.2) is 53.9 Å². The lowest BCUT2D eigenvalue weighted by Gasteiger charge is -2.65. The quantitative estimate of drug-likeness (QED) is 0.248. The highest BCUT2D eigenvalue weighted by Gasteiger charge is 2.75. The van der Waals surface area contributed by atoms with Crippen molar-refractivity contribution in [3.8, 4) is 11.5 Å². The molecule has 41 heavy (non-hydrogen) atoms. The van der Waals surface area contributed by atoms with Crippen molar-refractivity contribution >= 4 is 18.0 Å². The minimum absolute atomic E-state index is 0.0210. The third-order valence-electron chi connectivity index (χ3n) is 9.60. The second kappa shape index (κ2) is 10.4. The molecule has 6 rings (SSSR count). The molecular formula is C33H40N2O6. The van der Waals surface area contributed by atoms with E-state index in [1.807, 2.05) is 23.1 Å². The lowest BCUT2D eigenvalue weighted by molar-refractivity contribution is -0.223. The zero-order valence-electron chi connectivity index (χ0n) is 24.4. The molecule has 4 aliphatic rings. The van der Waals surface area contributed by atoms with Crippen molar-refractivity contribution in [3.05, 3.63) is 66.1 Å². The van der Waals surface area contributed by atoms with Crippen molar-refractivity contribution < 1.29 is 28.2 Å². The van der Waals surface area contributed by atoms with Gasteiger partial charge in [0.05, 0.1) is 37.1 Å². The number of esters is 1. The van der Waals surface area contributed by atoms with E-state index >= 15 is 0 Å². The number of amides is 1. The molecule has 1 aromatic heterocycles. The van der Waals surface area contributed by atoms with Gasteiger partial charge < -0.3 is 23.5 Å². The minimum atomic E-state index is -0.787. The molecule has 5 atom stereocenters. The molecular weight excluding hydrogens is 520 g/mol. The van der Waals surface area contributed by atoms with Gasteiger partial charge in [0.25, 0.3) is 0 Å². The molecule has 0 N–H and O–H groups in total. The Morgan fingerprint density at radius 3 is 2.78 bits per heavy atom. The maximum Gasteiger partial charge on any atom is 0.303 e. The molecule has 8 nitrogen and oxygen atoms in total. The number of carbonyl (C=O) groups excluding carboxylic acids is 2. The Labute approximate surface area is 241 Å². The summed E-state index contributed by atoms with van der Waals surface area (Å²) in [6.45, 7) is 11.9. The van der Waals surface area contributed by atoms with E-state index in [9.17, 15) is 9.59 Å². The van der Waals surface area contributed by atoms with Gasteiger partial charge in [-0.2, -0.15) is 0 Å². The average molecular weight is 561 g/mol. The van der Waals surface area contributed by atoms with Crippen molar-refractivity contribution in [2.45, 2.75) is 75.7 Å². The van der Waals surface area contributed by atoms with E-state index in [0.717, 1.165) is 36.3 Å². The van der Waals surface area contributed by atoms with Gasteiger partial charge in [-0.15, -0.1) is 6.58 Å². The normalized spacial score (nSPS) is 29.6. The molecule has 0 radical (unpaired) electrons. The van der Waals surface area contributed by atoms with Crippen LogP contribution in [0, 0.1) is 5.92 Å². The summed E-state index contributed by atoms with van der Waals surface area (Å²) in [7, 11) is 1.66. The Morgan fingerprint density at radius 1 is 1.27 bits per heavy atom. The number of ether oxygens (including phenoxy) is 3. The van der Waals surface area contributed by atoms with Gasteiger partial charge in [0.15, 0.2) is 11.5 Å². The summed E-state index contributed by atoms with van der Waals surface area (Å²) < 4.78 is 24.5. The van der Waals surface area contributed by atoms with Crippen molar-refractivity contribution in [2.24, 2.45) is 5.92 Å². The summed E-state index contributed by atoms with van der Waals surface area (Å²) >= 11 is 0. The molecule has 1 amide bonds. The van der Waals surface area contributed by atoms with Crippen molar-refractivity contribution in [1.82, 2.24) is 9.80 Å². The maximum absolute atomic E-state index is 13.9. The number of methoxy groups -OCH3 is 1. The van der Waals surface area contributed by atoms with Crippen LogP contribution in [-0.2, 0) is 26.2 Å². The summed E-state index contributed by atoms with van der Waals surface area (Å²) in [5, 5.41) is 0. The summed E-state index contributed by atoms with van der Waals surface area (Å²) in [6, 6.07) is 5.72. The molecule has 1 aromatic carbocycles. The van der Waals surface area contributed by atoms with Crippen LogP contribution in [0.1, 0.15) is 56.7 Å². The lowest BCUT2D eigenvalue weighted by atomic mass is 9.48. The van der Waals surface area contributed by atoms with E-state index in [2.05, 4.69) is 31.4 Å². The molecule has 1 saturated carbocycles. The SMILES string of the molecule is C=CCN1CC[C@]23c4c5ccc(OC)c4O[C@H]2[C@H](N(CC(C)C)C(=O)/C=C/c2ccoc2)CC[C@@]3(OC(C)=O)[C@H]1C5. The first kappa shape index (κ1) is 27.6. The fourth-order valence-electron chi connectivity index (χ4n) is 8.31. The molecule has 2 aliphatic carbocycles. The zero-order chi connectivity index (χ0) is 28.9. The number of carbonyl (C=O) groups is 2. The number of likely N-dealkylation sites (tertiary alicyclic amines) is 1. The lowest BCUT2D eigenvalue weighted by Crippen LogP contribution is -2.79. The van der Waals surface area contributed by atoms with Gasteiger partial charge in [-0.05, 0) is 55.4 Å². The fourth-order valence-corrected chi connectivity index (χ4v) is 8.31. The number of benzene rings is 1. The predicted molar refractivity (Wildman–Crippen MR) is 155 cm³/mol. The van der Waals surface area contributed by atoms with E-state index in [0.29, 0.717) is 31.7 Å². The Kier molecular flexibility index (Phi) is 7.00. The van der Waals surface area contributed by atoms with Crippen LogP contribution < -0.4 is 9.47 Å². The monoisotopic (exact) mass is 560 g/mol. The van der Waals surface area contributed by atoms with E-state index in [-0.39, 0.29) is 36.0 Å². The number of hydrogen-bond donors (Lipinski definition) is 0. The summed E-state index contributed by atoms with van der Waals surface area (Å²) in [6.07, 6.45) is 11.0. The van der Waals surface area contributed by atoms with E-state index in [4.69, 9.17) is 18.6 Å². The largest absolute Gasteiger partial charge is 0.493 e. The van der Waals surface area contributed by atoms with Gasteiger partial charge in [0.2, 0.25) is 5.91 Å². The molecule has 2 aliphatic heterocycles. The number of rotatable bonds is 9. The van der Waals surface area contributed by atoms with Crippen molar-refractivity contribution in [3.63, 3.8) is 0 Å². The Hall–Kier alpha value is -3.52. The second-order valence-electron chi connectivity index (χ2n) is 12.3. The molecule has 2 bridgehead atoms. The Morgan fingerprint density at radius 2 is 2.10 bits per heavy atom. The first-order valence-corrected chi connectivity index (χ1v) is 14.7. The average Bonchev–Trinajstić information content (AvgIpc) is 3.58. The molecule has 8 heteroatoms. The van der Waals surface area contributed by atoms with Crippen LogP contribution in [0.25, 0.3) is 6.08 Å². The predicted octanol–water partition coefficient (Wildman–Crippen LogP) is 4.77. The zero-order valence-corrected chi connectivity index (χ0v) is 24.4. The van der Waals surface area contributed by atoms with Gasteiger partial charge in [-0.1, -0.05) is 26.0 Å². The molecule has 3 heterocycles. The molecule has 1 saturated heterocycles.